The van der Waals surface area contributed by atoms with E-state index in [9.17, 15) is 5.11 Å². The highest BCUT2D eigenvalue weighted by atomic mass is 16.3. The molecule has 3 unspecified atom stereocenters. The fourth-order valence-corrected chi connectivity index (χ4v) is 3.44. The lowest BCUT2D eigenvalue weighted by Crippen LogP contribution is -2.24. The van der Waals surface area contributed by atoms with E-state index in [1.807, 2.05) is 4.68 Å². The molecule has 1 saturated heterocycles. The van der Waals surface area contributed by atoms with E-state index in [1.54, 1.807) is 0 Å². The van der Waals surface area contributed by atoms with Crippen molar-refractivity contribution in [1.29, 1.82) is 0 Å². The minimum atomic E-state index is -0.0618. The fourth-order valence-electron chi connectivity index (χ4n) is 3.44. The third-order valence-electron chi connectivity index (χ3n) is 4.47. The van der Waals surface area contributed by atoms with Gasteiger partial charge in [0.05, 0.1) is 11.8 Å². The lowest BCUT2D eigenvalue weighted by molar-refractivity contribution is 0.123. The molecule has 2 heterocycles. The number of hydrogen-bond acceptors (Lipinski definition) is 3. The summed E-state index contributed by atoms with van der Waals surface area (Å²) in [6, 6.07) is 2.54. The van der Waals surface area contributed by atoms with Crippen LogP contribution < -0.4 is 0 Å². The summed E-state index contributed by atoms with van der Waals surface area (Å²) in [6.07, 6.45) is 4.20. The quantitative estimate of drug-likeness (QED) is 0.886. The average Bonchev–Trinajstić information content (AvgIpc) is 2.98. The van der Waals surface area contributed by atoms with Crippen molar-refractivity contribution in [3.8, 4) is 0 Å². The van der Waals surface area contributed by atoms with E-state index in [4.69, 9.17) is 0 Å². The van der Waals surface area contributed by atoms with Gasteiger partial charge in [-0.1, -0.05) is 0 Å². The fraction of sp³-hybridized carbons (Fsp3) is 0.786. The molecule has 4 heteroatoms. The summed E-state index contributed by atoms with van der Waals surface area (Å²) in [4.78, 5) is 2.45. The molecule has 2 fully saturated rings. The predicted molar refractivity (Wildman–Crippen MR) is 70.1 cm³/mol. The molecule has 0 bridgehead atoms. The molecule has 1 aromatic rings. The van der Waals surface area contributed by atoms with Crippen molar-refractivity contribution in [2.45, 2.75) is 45.4 Å². The van der Waals surface area contributed by atoms with E-state index < -0.39 is 0 Å². The Morgan fingerprint density at radius 2 is 2.22 bits per heavy atom. The summed E-state index contributed by atoms with van der Waals surface area (Å²) in [7, 11) is 0. The summed E-state index contributed by atoms with van der Waals surface area (Å²) in [5.41, 5.74) is 1.15. The van der Waals surface area contributed by atoms with Crippen LogP contribution in [0.3, 0.4) is 0 Å². The minimum absolute atomic E-state index is 0.0618. The summed E-state index contributed by atoms with van der Waals surface area (Å²) in [6.45, 7) is 7.40. The van der Waals surface area contributed by atoms with Crippen LogP contribution in [-0.4, -0.2) is 39.0 Å². The number of aromatic nitrogens is 2. The van der Waals surface area contributed by atoms with Crippen molar-refractivity contribution in [1.82, 2.24) is 14.7 Å². The van der Waals surface area contributed by atoms with Crippen molar-refractivity contribution in [3.63, 3.8) is 0 Å². The minimum Gasteiger partial charge on any atom is -0.393 e. The monoisotopic (exact) mass is 249 g/mol. The zero-order valence-electron chi connectivity index (χ0n) is 11.3. The van der Waals surface area contributed by atoms with Crippen LogP contribution in [-0.2, 0) is 6.54 Å². The van der Waals surface area contributed by atoms with Crippen molar-refractivity contribution in [2.75, 3.05) is 13.1 Å². The molecule has 1 saturated carbocycles. The van der Waals surface area contributed by atoms with Gasteiger partial charge in [0.15, 0.2) is 0 Å². The molecule has 1 aromatic heterocycles. The number of aliphatic hydroxyl groups is 1. The zero-order chi connectivity index (χ0) is 12.7. The van der Waals surface area contributed by atoms with Crippen LogP contribution in [0.5, 0.6) is 0 Å². The first-order chi connectivity index (χ1) is 8.63. The first kappa shape index (κ1) is 12.2. The van der Waals surface area contributed by atoms with Gasteiger partial charge in [-0.15, -0.1) is 0 Å². The number of fused-ring (bicyclic) bond motifs is 1. The highest BCUT2D eigenvalue weighted by Crippen LogP contribution is 2.38. The normalized spacial score (nSPS) is 32.3. The molecular weight excluding hydrogens is 226 g/mol. The molecule has 3 atom stereocenters. The third kappa shape index (κ3) is 2.19. The maximum Gasteiger partial charge on any atom is 0.0764 e. The first-order valence-corrected chi connectivity index (χ1v) is 7.08. The van der Waals surface area contributed by atoms with Crippen LogP contribution in [0.25, 0.3) is 0 Å². The second-order valence-electron chi connectivity index (χ2n) is 6.14. The van der Waals surface area contributed by atoms with Crippen molar-refractivity contribution in [2.24, 2.45) is 11.8 Å². The molecule has 100 valence electrons. The lowest BCUT2D eigenvalue weighted by Gasteiger charge is -2.16. The van der Waals surface area contributed by atoms with Crippen molar-refractivity contribution >= 4 is 0 Å². The highest BCUT2D eigenvalue weighted by molar-refractivity contribution is 5.02. The Balaban J connectivity index is 1.60. The van der Waals surface area contributed by atoms with E-state index in [1.165, 1.54) is 6.42 Å². The molecule has 0 amide bonds. The van der Waals surface area contributed by atoms with E-state index in [-0.39, 0.29) is 6.10 Å². The zero-order valence-corrected chi connectivity index (χ0v) is 11.3. The Hall–Kier alpha value is -0.870. The number of rotatable bonds is 3. The molecule has 0 spiro atoms. The van der Waals surface area contributed by atoms with E-state index in [0.717, 1.165) is 31.7 Å². The number of aliphatic hydroxyl groups excluding tert-OH is 1. The van der Waals surface area contributed by atoms with Gasteiger partial charge in [-0.3, -0.25) is 9.58 Å². The SMILES string of the molecule is CC(C)n1ccc(CN2CC3CCC(O)C3C2)n1. The summed E-state index contributed by atoms with van der Waals surface area (Å²) in [5, 5.41) is 14.5. The van der Waals surface area contributed by atoms with Gasteiger partial charge in [-0.05, 0) is 38.7 Å². The maximum atomic E-state index is 9.91. The third-order valence-corrected chi connectivity index (χ3v) is 4.47. The van der Waals surface area contributed by atoms with Crippen LogP contribution in [0.1, 0.15) is 38.4 Å². The second-order valence-corrected chi connectivity index (χ2v) is 6.14. The Morgan fingerprint density at radius 3 is 2.89 bits per heavy atom. The second kappa shape index (κ2) is 4.67. The maximum absolute atomic E-state index is 9.91. The van der Waals surface area contributed by atoms with Crippen LogP contribution in [0, 0.1) is 11.8 Å². The van der Waals surface area contributed by atoms with Gasteiger partial charge < -0.3 is 5.11 Å². The van der Waals surface area contributed by atoms with E-state index >= 15 is 0 Å². The van der Waals surface area contributed by atoms with Gasteiger partial charge in [0, 0.05) is 37.8 Å². The molecule has 1 aliphatic carbocycles. The summed E-state index contributed by atoms with van der Waals surface area (Å²) in [5.74, 6) is 1.23. The Morgan fingerprint density at radius 1 is 1.39 bits per heavy atom. The molecule has 2 aliphatic rings. The van der Waals surface area contributed by atoms with Gasteiger partial charge >= 0.3 is 0 Å². The molecule has 0 aromatic carbocycles. The number of likely N-dealkylation sites (tertiary alicyclic amines) is 1. The van der Waals surface area contributed by atoms with Crippen LogP contribution >= 0.6 is 0 Å². The molecule has 1 N–H and O–H groups in total. The van der Waals surface area contributed by atoms with Gasteiger partial charge in [-0.2, -0.15) is 5.10 Å². The highest BCUT2D eigenvalue weighted by Gasteiger charge is 2.41. The van der Waals surface area contributed by atoms with Gasteiger partial charge in [0.2, 0.25) is 0 Å². The molecule has 0 radical (unpaired) electrons. The summed E-state index contributed by atoms with van der Waals surface area (Å²) >= 11 is 0. The van der Waals surface area contributed by atoms with Crippen molar-refractivity contribution < 1.29 is 5.11 Å². The standard InChI is InChI=1S/C14H23N3O/c1-10(2)17-6-5-12(15-17)8-16-7-11-3-4-14(18)13(11)9-16/h5-6,10-11,13-14,18H,3-4,7-9H2,1-2H3. The van der Waals surface area contributed by atoms with Gasteiger partial charge in [-0.25, -0.2) is 0 Å². The lowest BCUT2D eigenvalue weighted by atomic mass is 10.00. The first-order valence-electron chi connectivity index (χ1n) is 7.08. The average molecular weight is 249 g/mol. The summed E-state index contributed by atoms with van der Waals surface area (Å²) < 4.78 is 2.01. The smallest absolute Gasteiger partial charge is 0.0764 e. The molecule has 3 rings (SSSR count). The van der Waals surface area contributed by atoms with E-state index in [2.05, 4.69) is 36.1 Å². The Kier molecular flexibility index (Phi) is 3.16. The largest absolute Gasteiger partial charge is 0.393 e. The number of nitrogens with zero attached hydrogens (tertiary/aromatic N) is 3. The Labute approximate surface area is 109 Å². The van der Waals surface area contributed by atoms with E-state index in [0.29, 0.717) is 17.9 Å². The molecule has 1 aliphatic heterocycles. The Bertz CT molecular complexity index is 415. The number of hydrogen-bond donors (Lipinski definition) is 1. The molecule has 18 heavy (non-hydrogen) atoms. The van der Waals surface area contributed by atoms with Crippen LogP contribution in [0.4, 0.5) is 0 Å². The van der Waals surface area contributed by atoms with Crippen molar-refractivity contribution in [3.05, 3.63) is 18.0 Å². The van der Waals surface area contributed by atoms with Crippen LogP contribution in [0.2, 0.25) is 0 Å². The van der Waals surface area contributed by atoms with Crippen LogP contribution in [0.15, 0.2) is 12.3 Å². The molecule has 4 nitrogen and oxygen atoms in total. The van der Waals surface area contributed by atoms with Gasteiger partial charge in [0.1, 0.15) is 0 Å². The van der Waals surface area contributed by atoms with Gasteiger partial charge in [0.25, 0.3) is 0 Å². The topological polar surface area (TPSA) is 41.3 Å². The predicted octanol–water partition coefficient (Wildman–Crippen LogP) is 1.67. The molecular formula is C14H23N3O.